The lowest BCUT2D eigenvalue weighted by Gasteiger charge is -2.61. The van der Waals surface area contributed by atoms with Gasteiger partial charge in [0, 0.05) is 25.3 Å². The molecule has 0 saturated carbocycles. The van der Waals surface area contributed by atoms with Gasteiger partial charge in [-0.3, -0.25) is 9.59 Å². The number of nitrogens with zero attached hydrogens (tertiary/aromatic N) is 1. The molecule has 1 aliphatic heterocycles. The number of esters is 1. The van der Waals surface area contributed by atoms with Crippen molar-refractivity contribution >= 4 is 20.1 Å². The Hall–Kier alpha value is -0.843. The fraction of sp³-hybridized carbons (Fsp3) is 0.857. The van der Waals surface area contributed by atoms with Crippen LogP contribution in [0.2, 0.25) is 18.1 Å². The first-order valence-corrected chi connectivity index (χ1v) is 9.83. The van der Waals surface area contributed by atoms with E-state index in [-0.39, 0.29) is 22.5 Å². The minimum absolute atomic E-state index is 0.131. The second-order valence-electron chi connectivity index (χ2n) is 7.30. The first-order chi connectivity index (χ1) is 8.42. The first kappa shape index (κ1) is 16.2. The summed E-state index contributed by atoms with van der Waals surface area (Å²) in [6, 6.07) is 0. The summed E-state index contributed by atoms with van der Waals surface area (Å²) in [6.07, 6.45) is 1.30. The van der Waals surface area contributed by atoms with Crippen LogP contribution < -0.4 is 0 Å². The molecule has 0 N–H and O–H groups in total. The lowest BCUT2D eigenvalue weighted by atomic mass is 9.86. The van der Waals surface area contributed by atoms with Gasteiger partial charge in [0.2, 0.25) is 5.91 Å². The third-order valence-corrected chi connectivity index (χ3v) is 10.2. The Morgan fingerprint density at radius 3 is 2.32 bits per heavy atom. The topological polar surface area (TPSA) is 46.6 Å². The molecule has 110 valence electrons. The predicted molar refractivity (Wildman–Crippen MR) is 78.3 cm³/mol. The van der Waals surface area contributed by atoms with Crippen molar-refractivity contribution in [1.29, 1.82) is 0 Å². The third kappa shape index (κ3) is 3.01. The SMILES string of the molecule is CC(=O)OCCC1(C)CC(=O)N1[Si](C)(C)C(C)(C)C. The van der Waals surface area contributed by atoms with E-state index in [0.29, 0.717) is 13.0 Å². The van der Waals surface area contributed by atoms with Crippen molar-refractivity contribution in [3.8, 4) is 0 Å². The van der Waals surface area contributed by atoms with Gasteiger partial charge < -0.3 is 9.30 Å². The maximum atomic E-state index is 12.1. The molecule has 0 aromatic heterocycles. The molecular formula is C14H27NO3Si. The van der Waals surface area contributed by atoms with Crippen LogP contribution >= 0.6 is 0 Å². The Morgan fingerprint density at radius 1 is 1.42 bits per heavy atom. The van der Waals surface area contributed by atoms with E-state index in [1.165, 1.54) is 6.92 Å². The van der Waals surface area contributed by atoms with Crippen LogP contribution in [0.1, 0.15) is 47.5 Å². The summed E-state index contributed by atoms with van der Waals surface area (Å²) >= 11 is 0. The number of ether oxygens (including phenoxy) is 1. The van der Waals surface area contributed by atoms with Crippen molar-refractivity contribution in [3.05, 3.63) is 0 Å². The molecular weight excluding hydrogens is 258 g/mol. The van der Waals surface area contributed by atoms with E-state index >= 15 is 0 Å². The summed E-state index contributed by atoms with van der Waals surface area (Å²) in [5.41, 5.74) is -0.143. The second-order valence-corrected chi connectivity index (χ2v) is 12.4. The van der Waals surface area contributed by atoms with Crippen LogP contribution in [0.15, 0.2) is 0 Å². The number of β-lactam (4-membered cyclic amide) rings is 1. The molecule has 1 amide bonds. The Kier molecular flexibility index (Phi) is 4.20. The van der Waals surface area contributed by atoms with Crippen molar-refractivity contribution in [3.63, 3.8) is 0 Å². The van der Waals surface area contributed by atoms with Gasteiger partial charge in [-0.1, -0.05) is 33.9 Å². The molecule has 0 spiro atoms. The molecule has 0 aliphatic carbocycles. The molecule has 0 aromatic rings. The maximum Gasteiger partial charge on any atom is 0.302 e. The van der Waals surface area contributed by atoms with E-state index in [1.54, 1.807) is 0 Å². The molecule has 1 heterocycles. The van der Waals surface area contributed by atoms with Crippen molar-refractivity contribution in [2.45, 2.75) is 71.1 Å². The number of amides is 1. The second kappa shape index (κ2) is 4.92. The average Bonchev–Trinajstić information content (AvgIpc) is 2.12. The van der Waals surface area contributed by atoms with Crippen molar-refractivity contribution in [1.82, 2.24) is 4.57 Å². The Morgan fingerprint density at radius 2 is 1.95 bits per heavy atom. The van der Waals surface area contributed by atoms with Crippen LogP contribution in [-0.4, -0.2) is 36.8 Å². The van der Waals surface area contributed by atoms with Crippen LogP contribution in [0.5, 0.6) is 0 Å². The fourth-order valence-electron chi connectivity index (χ4n) is 2.63. The fourth-order valence-corrected chi connectivity index (χ4v) is 5.54. The van der Waals surface area contributed by atoms with Crippen molar-refractivity contribution in [2.24, 2.45) is 0 Å². The van der Waals surface area contributed by atoms with E-state index in [9.17, 15) is 9.59 Å². The molecule has 1 rings (SSSR count). The number of rotatable bonds is 4. The Bertz CT molecular complexity index is 387. The van der Waals surface area contributed by atoms with Crippen LogP contribution in [0.25, 0.3) is 0 Å². The number of carbonyl (C=O) groups excluding carboxylic acids is 2. The highest BCUT2D eigenvalue weighted by Crippen LogP contribution is 2.48. The normalized spacial score (nSPS) is 24.2. The molecule has 1 unspecified atom stereocenters. The van der Waals surface area contributed by atoms with Gasteiger partial charge in [0.1, 0.15) is 0 Å². The quantitative estimate of drug-likeness (QED) is 0.453. The Balaban J connectivity index is 2.81. The van der Waals surface area contributed by atoms with E-state index in [0.717, 1.165) is 6.42 Å². The van der Waals surface area contributed by atoms with Gasteiger partial charge in [-0.25, -0.2) is 0 Å². The predicted octanol–water partition coefficient (Wildman–Crippen LogP) is 2.94. The van der Waals surface area contributed by atoms with E-state index in [4.69, 9.17) is 4.74 Å². The maximum absolute atomic E-state index is 12.1. The lowest BCUT2D eigenvalue weighted by Crippen LogP contribution is -2.73. The van der Waals surface area contributed by atoms with E-state index < -0.39 is 8.24 Å². The number of hydrogen-bond acceptors (Lipinski definition) is 3. The zero-order chi connectivity index (χ0) is 15.1. The molecule has 1 saturated heterocycles. The average molecular weight is 285 g/mol. The highest BCUT2D eigenvalue weighted by molar-refractivity contribution is 6.80. The zero-order valence-electron chi connectivity index (χ0n) is 13.3. The molecule has 1 aliphatic rings. The van der Waals surface area contributed by atoms with Crippen LogP contribution in [0, 0.1) is 0 Å². The van der Waals surface area contributed by atoms with Gasteiger partial charge >= 0.3 is 5.97 Å². The Labute approximate surface area is 117 Å². The highest BCUT2D eigenvalue weighted by Gasteiger charge is 2.57. The van der Waals surface area contributed by atoms with Crippen LogP contribution in [0.4, 0.5) is 0 Å². The number of hydrogen-bond donors (Lipinski definition) is 0. The monoisotopic (exact) mass is 285 g/mol. The van der Waals surface area contributed by atoms with E-state index in [2.05, 4.69) is 45.4 Å². The summed E-state index contributed by atoms with van der Waals surface area (Å²) in [5.74, 6) is -0.00922. The summed E-state index contributed by atoms with van der Waals surface area (Å²) in [7, 11) is -1.85. The van der Waals surface area contributed by atoms with Gasteiger partial charge in [-0.2, -0.15) is 0 Å². The van der Waals surface area contributed by atoms with Crippen LogP contribution in [0.3, 0.4) is 0 Å². The minimum atomic E-state index is -1.85. The standard InChI is InChI=1S/C14H27NO3Si/c1-11(16)18-9-8-14(5)10-12(17)15(14)19(6,7)13(2,3)4/h8-10H2,1-7H3. The van der Waals surface area contributed by atoms with Gasteiger partial charge in [0.15, 0.2) is 8.24 Å². The van der Waals surface area contributed by atoms with Crippen LogP contribution in [-0.2, 0) is 14.3 Å². The van der Waals surface area contributed by atoms with Gasteiger partial charge in [0.05, 0.1) is 6.61 Å². The summed E-state index contributed by atoms with van der Waals surface area (Å²) < 4.78 is 7.15. The van der Waals surface area contributed by atoms with Crippen molar-refractivity contribution in [2.75, 3.05) is 6.61 Å². The minimum Gasteiger partial charge on any atom is -0.466 e. The summed E-state index contributed by atoms with van der Waals surface area (Å²) in [6.45, 7) is 15.0. The highest BCUT2D eigenvalue weighted by atomic mass is 28.3. The van der Waals surface area contributed by atoms with Crippen molar-refractivity contribution < 1.29 is 14.3 Å². The molecule has 5 heteroatoms. The molecule has 19 heavy (non-hydrogen) atoms. The summed E-state index contributed by atoms with van der Waals surface area (Å²) in [5, 5.41) is 0.131. The largest absolute Gasteiger partial charge is 0.466 e. The molecule has 4 nitrogen and oxygen atoms in total. The lowest BCUT2D eigenvalue weighted by molar-refractivity contribution is -0.149. The molecule has 0 aromatic carbocycles. The zero-order valence-corrected chi connectivity index (χ0v) is 14.3. The molecule has 1 atom stereocenters. The first-order valence-electron chi connectivity index (χ1n) is 6.88. The van der Waals surface area contributed by atoms with Gasteiger partial charge in [0.25, 0.3) is 0 Å². The summed E-state index contributed by atoms with van der Waals surface area (Å²) in [4.78, 5) is 22.9. The molecule has 1 fully saturated rings. The number of carbonyl (C=O) groups is 2. The molecule has 0 radical (unpaired) electrons. The van der Waals surface area contributed by atoms with E-state index in [1.807, 2.05) is 0 Å². The smallest absolute Gasteiger partial charge is 0.302 e. The molecule has 0 bridgehead atoms. The van der Waals surface area contributed by atoms with Gasteiger partial charge in [-0.05, 0) is 12.0 Å². The van der Waals surface area contributed by atoms with Gasteiger partial charge in [-0.15, -0.1) is 0 Å². The third-order valence-electron chi connectivity index (χ3n) is 4.66.